The topological polar surface area (TPSA) is 29.1 Å². The summed E-state index contributed by atoms with van der Waals surface area (Å²) in [7, 11) is 2.01. The van der Waals surface area contributed by atoms with Crippen molar-refractivity contribution in [2.24, 2.45) is 5.92 Å². The third kappa shape index (κ3) is 5.67. The molecule has 0 saturated heterocycles. The highest BCUT2D eigenvalue weighted by molar-refractivity contribution is 5.79. The zero-order valence-electron chi connectivity index (χ0n) is 11.6. The quantitative estimate of drug-likeness (QED) is 0.796. The van der Waals surface area contributed by atoms with Gasteiger partial charge in [-0.3, -0.25) is 4.79 Å². The Hall–Kier alpha value is -0.370. The molecule has 0 aromatic rings. The maximum atomic E-state index is 11.7. The minimum Gasteiger partial charge on any atom is -0.316 e. The van der Waals surface area contributed by atoms with Gasteiger partial charge in [0, 0.05) is 12.0 Å². The zero-order valence-corrected chi connectivity index (χ0v) is 11.6. The minimum atomic E-state index is 0.249. The van der Waals surface area contributed by atoms with E-state index in [1.165, 1.54) is 57.8 Å². The Bertz CT molecular complexity index is 215. The highest BCUT2D eigenvalue weighted by atomic mass is 16.1. The second-order valence-electron chi connectivity index (χ2n) is 5.52. The molecule has 0 spiro atoms. The Morgan fingerprint density at radius 1 is 0.882 bits per heavy atom. The second kappa shape index (κ2) is 8.68. The first kappa shape index (κ1) is 14.7. The van der Waals surface area contributed by atoms with Gasteiger partial charge >= 0.3 is 0 Å². The summed E-state index contributed by atoms with van der Waals surface area (Å²) in [5.41, 5.74) is 0. The van der Waals surface area contributed by atoms with Crippen molar-refractivity contribution in [1.29, 1.82) is 0 Å². The maximum absolute atomic E-state index is 11.7. The molecule has 1 aliphatic carbocycles. The van der Waals surface area contributed by atoms with Crippen molar-refractivity contribution in [3.05, 3.63) is 0 Å². The molecule has 2 atom stereocenters. The normalized spacial score (nSPS) is 29.1. The van der Waals surface area contributed by atoms with Crippen molar-refractivity contribution >= 4 is 5.78 Å². The van der Waals surface area contributed by atoms with E-state index in [1.54, 1.807) is 6.92 Å². The average molecular weight is 239 g/mol. The molecule has 0 bridgehead atoms. The molecule has 1 rings (SSSR count). The molecule has 17 heavy (non-hydrogen) atoms. The van der Waals surface area contributed by atoms with Crippen LogP contribution in [0.15, 0.2) is 0 Å². The third-order valence-corrected chi connectivity index (χ3v) is 4.16. The molecule has 2 nitrogen and oxygen atoms in total. The van der Waals surface area contributed by atoms with Gasteiger partial charge in [0.1, 0.15) is 5.78 Å². The van der Waals surface area contributed by atoms with Gasteiger partial charge in [0.2, 0.25) is 0 Å². The Morgan fingerprint density at radius 3 is 1.82 bits per heavy atom. The Morgan fingerprint density at radius 2 is 1.35 bits per heavy atom. The van der Waals surface area contributed by atoms with Crippen LogP contribution in [-0.2, 0) is 4.79 Å². The van der Waals surface area contributed by atoms with Crippen LogP contribution in [0.2, 0.25) is 0 Å². The number of hydrogen-bond acceptors (Lipinski definition) is 2. The van der Waals surface area contributed by atoms with Gasteiger partial charge in [-0.1, -0.05) is 51.4 Å². The van der Waals surface area contributed by atoms with E-state index in [0.29, 0.717) is 11.8 Å². The lowest BCUT2D eigenvalue weighted by Gasteiger charge is -2.25. The van der Waals surface area contributed by atoms with E-state index in [0.717, 1.165) is 6.42 Å². The van der Waals surface area contributed by atoms with Gasteiger partial charge in [-0.25, -0.2) is 0 Å². The molecular formula is C15H29NO. The summed E-state index contributed by atoms with van der Waals surface area (Å²) in [6.45, 7) is 1.76. The van der Waals surface area contributed by atoms with E-state index in [9.17, 15) is 4.79 Å². The molecule has 1 N–H and O–H groups in total. The number of nitrogens with one attached hydrogen (secondary N) is 1. The number of carbonyl (C=O) groups excluding carboxylic acids is 1. The summed E-state index contributed by atoms with van der Waals surface area (Å²) < 4.78 is 0. The molecule has 1 aliphatic rings. The van der Waals surface area contributed by atoms with Crippen LogP contribution in [0.25, 0.3) is 0 Å². The van der Waals surface area contributed by atoms with Crippen LogP contribution >= 0.6 is 0 Å². The van der Waals surface area contributed by atoms with Crippen LogP contribution in [0, 0.1) is 5.92 Å². The van der Waals surface area contributed by atoms with Gasteiger partial charge in [0.15, 0.2) is 0 Å². The fourth-order valence-corrected chi connectivity index (χ4v) is 3.02. The van der Waals surface area contributed by atoms with Gasteiger partial charge in [-0.05, 0) is 26.8 Å². The maximum Gasteiger partial charge on any atom is 0.134 e. The van der Waals surface area contributed by atoms with E-state index in [2.05, 4.69) is 5.32 Å². The van der Waals surface area contributed by atoms with Crippen LogP contribution in [0.1, 0.15) is 71.1 Å². The largest absolute Gasteiger partial charge is 0.316 e. The highest BCUT2D eigenvalue weighted by Gasteiger charge is 2.23. The van der Waals surface area contributed by atoms with Gasteiger partial charge in [-0.2, -0.15) is 0 Å². The van der Waals surface area contributed by atoms with Gasteiger partial charge in [-0.15, -0.1) is 0 Å². The second-order valence-corrected chi connectivity index (χ2v) is 5.52. The molecule has 0 unspecified atom stereocenters. The monoisotopic (exact) mass is 239 g/mol. The molecule has 0 aromatic heterocycles. The first-order chi connectivity index (χ1) is 8.25. The van der Waals surface area contributed by atoms with E-state index < -0.39 is 0 Å². The molecule has 2 heteroatoms. The molecule has 0 amide bonds. The predicted octanol–water partition coefficient (Wildman–Crippen LogP) is 3.69. The molecule has 0 aromatic carbocycles. The third-order valence-electron chi connectivity index (χ3n) is 4.16. The van der Waals surface area contributed by atoms with Crippen LogP contribution < -0.4 is 5.32 Å². The highest BCUT2D eigenvalue weighted by Crippen LogP contribution is 2.22. The number of hydrogen-bond donors (Lipinski definition) is 1. The first-order valence-corrected chi connectivity index (χ1v) is 7.43. The number of Topliss-reactive ketones (excluding diaryl/α,β-unsaturated/α-hetero) is 1. The molecule has 1 fully saturated rings. The lowest BCUT2D eigenvalue weighted by molar-refractivity contribution is -0.121. The van der Waals surface area contributed by atoms with Crippen molar-refractivity contribution < 1.29 is 4.79 Å². The van der Waals surface area contributed by atoms with E-state index in [-0.39, 0.29) is 5.92 Å². The van der Waals surface area contributed by atoms with Gasteiger partial charge < -0.3 is 5.32 Å². The van der Waals surface area contributed by atoms with Crippen LogP contribution in [0.4, 0.5) is 0 Å². The molecular weight excluding hydrogens is 210 g/mol. The molecule has 100 valence electrons. The van der Waals surface area contributed by atoms with E-state index in [1.807, 2.05) is 7.05 Å². The summed E-state index contributed by atoms with van der Waals surface area (Å²) in [6, 6.07) is 0.409. The van der Waals surface area contributed by atoms with Crippen molar-refractivity contribution in [2.45, 2.75) is 77.2 Å². The van der Waals surface area contributed by atoms with Crippen molar-refractivity contribution in [3.8, 4) is 0 Å². The Kier molecular flexibility index (Phi) is 7.50. The predicted molar refractivity (Wildman–Crippen MR) is 73.2 cm³/mol. The van der Waals surface area contributed by atoms with Crippen molar-refractivity contribution in [2.75, 3.05) is 7.05 Å². The van der Waals surface area contributed by atoms with Crippen LogP contribution in [-0.4, -0.2) is 18.9 Å². The number of ketones is 1. The van der Waals surface area contributed by atoms with Crippen LogP contribution in [0.3, 0.4) is 0 Å². The average Bonchev–Trinajstić information content (AvgIpc) is 2.29. The summed E-state index contributed by atoms with van der Waals surface area (Å²) in [5.74, 6) is 0.626. The van der Waals surface area contributed by atoms with Gasteiger partial charge in [0.05, 0.1) is 0 Å². The molecule has 0 heterocycles. The van der Waals surface area contributed by atoms with Crippen molar-refractivity contribution in [3.63, 3.8) is 0 Å². The Balaban J connectivity index is 2.51. The lowest BCUT2D eigenvalue weighted by Crippen LogP contribution is -2.37. The standard InChI is InChI=1S/C15H29NO/c1-13(17)14-11-9-7-5-3-4-6-8-10-12-15(14)16-2/h14-16H,3-12H2,1-2H3/t14-,15-/m1/s1. The van der Waals surface area contributed by atoms with Crippen molar-refractivity contribution in [1.82, 2.24) is 5.32 Å². The fourth-order valence-electron chi connectivity index (χ4n) is 3.02. The summed E-state index contributed by atoms with van der Waals surface area (Å²) in [6.07, 6.45) is 12.9. The fraction of sp³-hybridized carbons (Fsp3) is 0.933. The van der Waals surface area contributed by atoms with Gasteiger partial charge in [0.25, 0.3) is 0 Å². The minimum absolute atomic E-state index is 0.249. The molecule has 0 radical (unpaired) electrons. The zero-order chi connectivity index (χ0) is 12.5. The summed E-state index contributed by atoms with van der Waals surface area (Å²) in [5, 5.41) is 3.37. The molecule has 1 saturated carbocycles. The SMILES string of the molecule is CN[C@@H]1CCCCCCCCCC[C@@H]1C(C)=O. The summed E-state index contributed by atoms with van der Waals surface area (Å²) >= 11 is 0. The smallest absolute Gasteiger partial charge is 0.134 e. The number of carbonyl (C=O) groups is 1. The van der Waals surface area contributed by atoms with E-state index >= 15 is 0 Å². The first-order valence-electron chi connectivity index (χ1n) is 7.43. The molecule has 0 aliphatic heterocycles. The van der Waals surface area contributed by atoms with E-state index in [4.69, 9.17) is 0 Å². The van der Waals surface area contributed by atoms with Crippen LogP contribution in [0.5, 0.6) is 0 Å². The number of rotatable bonds is 2. The Labute approximate surface area is 107 Å². The summed E-state index contributed by atoms with van der Waals surface area (Å²) in [4.78, 5) is 11.7. The lowest BCUT2D eigenvalue weighted by atomic mass is 9.86.